The summed E-state index contributed by atoms with van der Waals surface area (Å²) in [6, 6.07) is 1.78. The highest BCUT2D eigenvalue weighted by molar-refractivity contribution is 7.99. The number of ether oxygens (including phenoxy) is 1. The summed E-state index contributed by atoms with van der Waals surface area (Å²) in [6.45, 7) is 4.89. The van der Waals surface area contributed by atoms with Gasteiger partial charge >= 0.3 is 5.97 Å². The lowest BCUT2D eigenvalue weighted by Crippen LogP contribution is -2.16. The second-order valence-corrected chi connectivity index (χ2v) is 9.14. The van der Waals surface area contributed by atoms with Crippen molar-refractivity contribution in [3.05, 3.63) is 22.3 Å². The van der Waals surface area contributed by atoms with Gasteiger partial charge in [0, 0.05) is 17.3 Å². The van der Waals surface area contributed by atoms with Gasteiger partial charge in [0.25, 0.3) is 0 Å². The van der Waals surface area contributed by atoms with E-state index in [9.17, 15) is 9.59 Å². The fourth-order valence-corrected chi connectivity index (χ4v) is 5.44. The summed E-state index contributed by atoms with van der Waals surface area (Å²) >= 11 is 2.79. The molecule has 0 atom stereocenters. The second-order valence-electron chi connectivity index (χ2n) is 7.06. The first-order valence-corrected chi connectivity index (χ1v) is 11.9. The van der Waals surface area contributed by atoms with Gasteiger partial charge in [-0.15, -0.1) is 21.5 Å². The Balaban J connectivity index is 1.65. The van der Waals surface area contributed by atoms with Gasteiger partial charge < -0.3 is 14.6 Å². The van der Waals surface area contributed by atoms with E-state index in [0.717, 1.165) is 41.7 Å². The average Bonchev–Trinajstić information content (AvgIpc) is 3.35. The first kappa shape index (κ1) is 21.8. The van der Waals surface area contributed by atoms with Crippen molar-refractivity contribution in [2.24, 2.45) is 0 Å². The van der Waals surface area contributed by atoms with Crippen molar-refractivity contribution in [2.45, 2.75) is 70.0 Å². The summed E-state index contributed by atoms with van der Waals surface area (Å²) in [5, 5.41) is 13.0. The van der Waals surface area contributed by atoms with Crippen molar-refractivity contribution in [3.8, 4) is 0 Å². The van der Waals surface area contributed by atoms with Gasteiger partial charge in [-0.2, -0.15) is 0 Å². The van der Waals surface area contributed by atoms with Crippen LogP contribution in [0.15, 0.2) is 11.2 Å². The summed E-state index contributed by atoms with van der Waals surface area (Å²) in [5.41, 5.74) is 0.406. The molecule has 1 amide bonds. The van der Waals surface area contributed by atoms with Crippen LogP contribution in [0.25, 0.3) is 0 Å². The molecule has 3 rings (SSSR count). The van der Waals surface area contributed by atoms with Crippen LogP contribution < -0.4 is 5.32 Å². The largest absolute Gasteiger partial charge is 0.465 e. The molecule has 7 nitrogen and oxygen atoms in total. The molecule has 29 heavy (non-hydrogen) atoms. The van der Waals surface area contributed by atoms with Crippen molar-refractivity contribution >= 4 is 40.0 Å². The maximum atomic E-state index is 12.5. The Kier molecular flexibility index (Phi) is 7.71. The smallest absolute Gasteiger partial charge is 0.340 e. The number of thiophene rings is 1. The van der Waals surface area contributed by atoms with E-state index < -0.39 is 5.97 Å². The fourth-order valence-electron chi connectivity index (χ4n) is 3.63. The van der Waals surface area contributed by atoms with Crippen LogP contribution in [0, 0.1) is 0 Å². The molecule has 0 saturated heterocycles. The van der Waals surface area contributed by atoms with E-state index >= 15 is 0 Å². The third-order valence-corrected chi connectivity index (χ3v) is 7.32. The van der Waals surface area contributed by atoms with Gasteiger partial charge in [0.2, 0.25) is 5.91 Å². The molecular weight excluding hydrogens is 408 g/mol. The predicted molar refractivity (Wildman–Crippen MR) is 116 cm³/mol. The van der Waals surface area contributed by atoms with Crippen molar-refractivity contribution in [2.75, 3.05) is 18.2 Å². The van der Waals surface area contributed by atoms with Crippen LogP contribution in [-0.2, 0) is 22.5 Å². The number of methoxy groups -OCH3 is 1. The number of esters is 1. The summed E-state index contributed by atoms with van der Waals surface area (Å²) in [5.74, 6) is 1.12. The van der Waals surface area contributed by atoms with Crippen LogP contribution in [-0.4, -0.2) is 39.5 Å². The summed E-state index contributed by atoms with van der Waals surface area (Å²) in [6.07, 6.45) is 6.91. The minimum absolute atomic E-state index is 0.172. The normalized spacial score (nSPS) is 14.7. The number of aryl methyl sites for hydroxylation is 1. The highest BCUT2D eigenvalue weighted by Crippen LogP contribution is 2.33. The van der Waals surface area contributed by atoms with Crippen LogP contribution in [0.5, 0.6) is 0 Å². The van der Waals surface area contributed by atoms with Crippen molar-refractivity contribution in [1.29, 1.82) is 0 Å². The molecule has 0 unspecified atom stereocenters. The molecular formula is C20H28N4O3S2. The average molecular weight is 437 g/mol. The summed E-state index contributed by atoms with van der Waals surface area (Å²) in [7, 11) is 1.34. The van der Waals surface area contributed by atoms with Crippen molar-refractivity contribution < 1.29 is 14.3 Å². The maximum absolute atomic E-state index is 12.5. The molecule has 0 radical (unpaired) electrons. The van der Waals surface area contributed by atoms with E-state index in [4.69, 9.17) is 4.74 Å². The number of carbonyl (C=O) groups is 2. The van der Waals surface area contributed by atoms with E-state index in [1.807, 2.05) is 6.92 Å². The number of anilines is 1. The molecule has 0 aromatic carbocycles. The van der Waals surface area contributed by atoms with Crippen LogP contribution in [0.2, 0.25) is 0 Å². The third-order valence-electron chi connectivity index (χ3n) is 5.15. The standard InChI is InChI=1S/C20H28N4O3S2/c1-4-14-11-15(19(26)27-3)18(29-14)21-16(25)12-28-20-23-22-17(24(20)5-2)13-9-7-6-8-10-13/h11,13H,4-10,12H2,1-3H3,(H,21,25). The van der Waals surface area contributed by atoms with Gasteiger partial charge in [0.1, 0.15) is 10.8 Å². The van der Waals surface area contributed by atoms with Gasteiger partial charge in [0.15, 0.2) is 5.16 Å². The molecule has 158 valence electrons. The number of rotatable bonds is 8. The molecule has 0 bridgehead atoms. The van der Waals surface area contributed by atoms with E-state index in [1.54, 1.807) is 6.07 Å². The van der Waals surface area contributed by atoms with Crippen molar-refractivity contribution in [1.82, 2.24) is 14.8 Å². The zero-order valence-corrected chi connectivity index (χ0v) is 18.8. The molecule has 0 spiro atoms. The quantitative estimate of drug-likeness (QED) is 0.485. The van der Waals surface area contributed by atoms with Gasteiger partial charge in [-0.3, -0.25) is 4.79 Å². The Hall–Kier alpha value is -1.87. The van der Waals surface area contributed by atoms with Crippen LogP contribution in [0.1, 0.15) is 72.9 Å². The van der Waals surface area contributed by atoms with Gasteiger partial charge in [-0.05, 0) is 32.3 Å². The third kappa shape index (κ3) is 5.19. The van der Waals surface area contributed by atoms with Crippen molar-refractivity contribution in [3.63, 3.8) is 0 Å². The Morgan fingerprint density at radius 1 is 1.28 bits per heavy atom. The lowest BCUT2D eigenvalue weighted by molar-refractivity contribution is -0.113. The van der Waals surface area contributed by atoms with Gasteiger partial charge in [-0.25, -0.2) is 4.79 Å². The number of amides is 1. The zero-order valence-electron chi connectivity index (χ0n) is 17.2. The Morgan fingerprint density at radius 2 is 2.03 bits per heavy atom. The number of thioether (sulfide) groups is 1. The fraction of sp³-hybridized carbons (Fsp3) is 0.600. The highest BCUT2D eigenvalue weighted by atomic mass is 32.2. The number of carbonyl (C=O) groups excluding carboxylic acids is 2. The monoisotopic (exact) mass is 436 g/mol. The van der Waals surface area contributed by atoms with Gasteiger partial charge in [-0.1, -0.05) is 37.9 Å². The Bertz CT molecular complexity index is 856. The topological polar surface area (TPSA) is 86.1 Å². The van der Waals surface area contributed by atoms with Gasteiger partial charge in [0.05, 0.1) is 18.4 Å². The maximum Gasteiger partial charge on any atom is 0.340 e. The number of nitrogens with zero attached hydrogens (tertiary/aromatic N) is 3. The van der Waals surface area contributed by atoms with E-state index in [2.05, 4.69) is 27.0 Å². The highest BCUT2D eigenvalue weighted by Gasteiger charge is 2.23. The van der Waals surface area contributed by atoms with Crippen LogP contribution >= 0.6 is 23.1 Å². The van der Waals surface area contributed by atoms with E-state index in [-0.39, 0.29) is 11.7 Å². The minimum atomic E-state index is -0.438. The summed E-state index contributed by atoms with van der Waals surface area (Å²) in [4.78, 5) is 25.5. The predicted octanol–water partition coefficient (Wildman–Crippen LogP) is 4.49. The van der Waals surface area contributed by atoms with E-state index in [1.165, 1.54) is 49.5 Å². The number of nitrogens with one attached hydrogen (secondary N) is 1. The van der Waals surface area contributed by atoms with E-state index in [0.29, 0.717) is 16.5 Å². The lowest BCUT2D eigenvalue weighted by Gasteiger charge is -2.21. The molecule has 9 heteroatoms. The summed E-state index contributed by atoms with van der Waals surface area (Å²) < 4.78 is 6.96. The Morgan fingerprint density at radius 3 is 2.69 bits per heavy atom. The molecule has 2 aromatic heterocycles. The lowest BCUT2D eigenvalue weighted by atomic mass is 9.89. The van der Waals surface area contributed by atoms with Crippen LogP contribution in [0.3, 0.4) is 0 Å². The SMILES string of the molecule is CCc1cc(C(=O)OC)c(NC(=O)CSc2nnc(C3CCCCC3)n2CC)s1. The molecule has 1 fully saturated rings. The molecule has 1 aliphatic rings. The molecule has 1 aliphatic carbocycles. The zero-order chi connectivity index (χ0) is 20.8. The molecule has 1 N–H and O–H groups in total. The van der Waals surface area contributed by atoms with Crippen LogP contribution in [0.4, 0.5) is 5.00 Å². The first-order valence-electron chi connectivity index (χ1n) is 10.1. The minimum Gasteiger partial charge on any atom is -0.465 e. The number of hydrogen-bond donors (Lipinski definition) is 1. The number of aromatic nitrogens is 3. The molecule has 2 aromatic rings. The molecule has 1 saturated carbocycles. The Labute approximate surface area is 179 Å². The molecule has 0 aliphatic heterocycles. The first-order chi connectivity index (χ1) is 14.1. The second kappa shape index (κ2) is 10.2. The molecule has 2 heterocycles. The number of hydrogen-bond acceptors (Lipinski definition) is 7.